The minimum absolute atomic E-state index is 0.225. The molecule has 0 aliphatic carbocycles. The lowest BCUT2D eigenvalue weighted by molar-refractivity contribution is -0.140. The van der Waals surface area contributed by atoms with Gasteiger partial charge in [0.05, 0.1) is 13.2 Å². The Balaban J connectivity index is 4.09. The second-order valence-electron chi connectivity index (χ2n) is 4.60. The van der Waals surface area contributed by atoms with Gasteiger partial charge in [-0.1, -0.05) is 6.08 Å². The Labute approximate surface area is 102 Å². The van der Waals surface area contributed by atoms with Crippen molar-refractivity contribution in [1.82, 2.24) is 5.32 Å². The van der Waals surface area contributed by atoms with Crippen molar-refractivity contribution in [2.75, 3.05) is 7.11 Å². The fourth-order valence-electron chi connectivity index (χ4n) is 1.08. The van der Waals surface area contributed by atoms with E-state index in [2.05, 4.69) is 16.6 Å². The Morgan fingerprint density at radius 1 is 1.41 bits per heavy atom. The lowest BCUT2D eigenvalue weighted by atomic mass is 10.1. The predicted octanol–water partition coefficient (Wildman–Crippen LogP) is 2.02. The van der Waals surface area contributed by atoms with Crippen LogP contribution in [-0.2, 0) is 14.3 Å². The third-order valence-corrected chi connectivity index (χ3v) is 1.87. The normalized spacial score (nSPS) is 12.5. The van der Waals surface area contributed by atoms with Gasteiger partial charge in [0.25, 0.3) is 0 Å². The average molecular weight is 243 g/mol. The van der Waals surface area contributed by atoms with E-state index in [-0.39, 0.29) is 18.4 Å². The van der Waals surface area contributed by atoms with Gasteiger partial charge in [0.1, 0.15) is 5.60 Å². The van der Waals surface area contributed by atoms with Gasteiger partial charge >= 0.3 is 12.1 Å². The highest BCUT2D eigenvalue weighted by Crippen LogP contribution is 2.08. The molecule has 0 saturated carbocycles. The van der Waals surface area contributed by atoms with Crippen molar-refractivity contribution >= 4 is 12.1 Å². The Morgan fingerprint density at radius 2 is 2.00 bits per heavy atom. The van der Waals surface area contributed by atoms with Gasteiger partial charge in [-0.2, -0.15) is 0 Å². The SMILES string of the molecule is C=CC(CCC(=O)OC)NC(=O)OC(C)(C)C. The number of nitrogens with one attached hydrogen (secondary N) is 1. The van der Waals surface area contributed by atoms with Crippen LogP contribution >= 0.6 is 0 Å². The largest absolute Gasteiger partial charge is 0.469 e. The van der Waals surface area contributed by atoms with E-state index in [9.17, 15) is 9.59 Å². The molecule has 17 heavy (non-hydrogen) atoms. The Morgan fingerprint density at radius 3 is 2.41 bits per heavy atom. The molecule has 0 fully saturated rings. The molecule has 0 aliphatic heterocycles. The molecule has 0 spiro atoms. The van der Waals surface area contributed by atoms with Gasteiger partial charge in [-0.15, -0.1) is 6.58 Å². The number of methoxy groups -OCH3 is 1. The summed E-state index contributed by atoms with van der Waals surface area (Å²) in [5.41, 5.74) is -0.543. The quantitative estimate of drug-likeness (QED) is 0.592. The molecule has 0 aliphatic rings. The Hall–Kier alpha value is -1.52. The highest BCUT2D eigenvalue weighted by Gasteiger charge is 2.18. The van der Waals surface area contributed by atoms with Gasteiger partial charge in [0, 0.05) is 6.42 Å². The van der Waals surface area contributed by atoms with Crippen LogP contribution in [0.2, 0.25) is 0 Å². The van der Waals surface area contributed by atoms with Crippen molar-refractivity contribution in [2.45, 2.75) is 45.3 Å². The molecule has 1 amide bonds. The second kappa shape index (κ2) is 6.93. The van der Waals surface area contributed by atoms with Gasteiger partial charge in [0.2, 0.25) is 0 Å². The molecule has 5 nitrogen and oxygen atoms in total. The van der Waals surface area contributed by atoms with Crippen LogP contribution in [0.25, 0.3) is 0 Å². The zero-order valence-electron chi connectivity index (χ0n) is 10.9. The third-order valence-electron chi connectivity index (χ3n) is 1.87. The number of amides is 1. The average Bonchev–Trinajstić information content (AvgIpc) is 2.20. The maximum absolute atomic E-state index is 11.4. The summed E-state index contributed by atoms with van der Waals surface area (Å²) in [6, 6.07) is -0.302. The van der Waals surface area contributed by atoms with E-state index in [1.165, 1.54) is 7.11 Å². The maximum atomic E-state index is 11.4. The number of rotatable bonds is 5. The molecule has 0 radical (unpaired) electrons. The van der Waals surface area contributed by atoms with E-state index in [0.717, 1.165) is 0 Å². The number of hydrogen-bond donors (Lipinski definition) is 1. The first-order valence-corrected chi connectivity index (χ1v) is 5.47. The van der Waals surface area contributed by atoms with Crippen molar-refractivity contribution in [2.24, 2.45) is 0 Å². The topological polar surface area (TPSA) is 64.6 Å². The van der Waals surface area contributed by atoms with Crippen molar-refractivity contribution in [1.29, 1.82) is 0 Å². The van der Waals surface area contributed by atoms with Crippen LogP contribution < -0.4 is 5.32 Å². The molecule has 0 rings (SSSR count). The lowest BCUT2D eigenvalue weighted by Crippen LogP contribution is -2.38. The number of carbonyl (C=O) groups excluding carboxylic acids is 2. The zero-order chi connectivity index (χ0) is 13.5. The van der Waals surface area contributed by atoms with Crippen molar-refractivity contribution in [3.05, 3.63) is 12.7 Å². The molecule has 0 aromatic rings. The second-order valence-corrected chi connectivity index (χ2v) is 4.60. The van der Waals surface area contributed by atoms with Crippen LogP contribution in [0, 0.1) is 0 Å². The molecule has 0 saturated heterocycles. The van der Waals surface area contributed by atoms with Crippen molar-refractivity contribution in [3.63, 3.8) is 0 Å². The molecule has 0 heterocycles. The summed E-state index contributed by atoms with van der Waals surface area (Å²) >= 11 is 0. The maximum Gasteiger partial charge on any atom is 0.408 e. The molecule has 1 atom stereocenters. The van der Waals surface area contributed by atoms with Crippen LogP contribution in [0.15, 0.2) is 12.7 Å². The third kappa shape index (κ3) is 8.30. The van der Waals surface area contributed by atoms with E-state index in [4.69, 9.17) is 4.74 Å². The zero-order valence-corrected chi connectivity index (χ0v) is 10.9. The van der Waals surface area contributed by atoms with E-state index < -0.39 is 11.7 Å². The number of ether oxygens (including phenoxy) is 2. The highest BCUT2D eigenvalue weighted by atomic mass is 16.6. The highest BCUT2D eigenvalue weighted by molar-refractivity contribution is 5.70. The Bertz CT molecular complexity index is 281. The summed E-state index contributed by atoms with van der Waals surface area (Å²) in [4.78, 5) is 22.4. The van der Waals surface area contributed by atoms with E-state index in [1.807, 2.05) is 0 Å². The van der Waals surface area contributed by atoms with E-state index in [1.54, 1.807) is 26.8 Å². The number of alkyl carbamates (subject to hydrolysis) is 1. The number of esters is 1. The van der Waals surface area contributed by atoms with Crippen molar-refractivity contribution < 1.29 is 19.1 Å². The monoisotopic (exact) mass is 243 g/mol. The molecule has 98 valence electrons. The summed E-state index contributed by atoms with van der Waals surface area (Å²) in [5, 5.41) is 2.62. The molecule has 0 aromatic heterocycles. The van der Waals surface area contributed by atoms with Gasteiger partial charge in [0.15, 0.2) is 0 Å². The Kier molecular flexibility index (Phi) is 6.31. The standard InChI is InChI=1S/C12H21NO4/c1-6-9(7-8-10(14)16-5)13-11(15)17-12(2,3)4/h6,9H,1,7-8H2,2-5H3,(H,13,15). The first kappa shape index (κ1) is 15.5. The number of hydrogen-bond acceptors (Lipinski definition) is 4. The summed E-state index contributed by atoms with van der Waals surface area (Å²) in [7, 11) is 1.33. The predicted molar refractivity (Wildman–Crippen MR) is 64.6 cm³/mol. The van der Waals surface area contributed by atoms with Gasteiger partial charge in [-0.3, -0.25) is 4.79 Å². The molecular weight excluding hydrogens is 222 g/mol. The summed E-state index contributed by atoms with van der Waals surface area (Å²) < 4.78 is 9.60. The number of carbonyl (C=O) groups is 2. The van der Waals surface area contributed by atoms with Crippen LogP contribution in [-0.4, -0.2) is 30.8 Å². The minimum atomic E-state index is -0.543. The fourth-order valence-corrected chi connectivity index (χ4v) is 1.08. The smallest absolute Gasteiger partial charge is 0.408 e. The molecule has 5 heteroatoms. The van der Waals surface area contributed by atoms with Crippen LogP contribution in [0.4, 0.5) is 4.79 Å². The molecule has 1 unspecified atom stereocenters. The summed E-state index contributed by atoms with van der Waals surface area (Å²) in [6.07, 6.45) is 1.71. The lowest BCUT2D eigenvalue weighted by Gasteiger charge is -2.22. The molecular formula is C12H21NO4. The van der Waals surface area contributed by atoms with Crippen molar-refractivity contribution in [3.8, 4) is 0 Å². The van der Waals surface area contributed by atoms with Gasteiger partial charge < -0.3 is 14.8 Å². The minimum Gasteiger partial charge on any atom is -0.469 e. The van der Waals surface area contributed by atoms with Gasteiger partial charge in [-0.05, 0) is 27.2 Å². The molecule has 0 aromatic carbocycles. The first-order valence-electron chi connectivity index (χ1n) is 5.47. The van der Waals surface area contributed by atoms with Crippen LogP contribution in [0.3, 0.4) is 0 Å². The van der Waals surface area contributed by atoms with Gasteiger partial charge in [-0.25, -0.2) is 4.79 Å². The van der Waals surface area contributed by atoms with E-state index >= 15 is 0 Å². The van der Waals surface area contributed by atoms with Crippen LogP contribution in [0.1, 0.15) is 33.6 Å². The van der Waals surface area contributed by atoms with Crippen LogP contribution in [0.5, 0.6) is 0 Å². The fraction of sp³-hybridized carbons (Fsp3) is 0.667. The molecule has 1 N–H and O–H groups in total. The molecule has 0 bridgehead atoms. The summed E-state index contributed by atoms with van der Waals surface area (Å²) in [6.45, 7) is 8.94. The first-order chi connectivity index (χ1) is 7.78. The summed E-state index contributed by atoms with van der Waals surface area (Å²) in [5.74, 6) is -0.317. The van der Waals surface area contributed by atoms with E-state index in [0.29, 0.717) is 6.42 Å².